The van der Waals surface area contributed by atoms with Gasteiger partial charge in [-0.25, -0.2) is 9.97 Å². The van der Waals surface area contributed by atoms with E-state index in [1.807, 2.05) is 0 Å². The number of nitrogens with zero attached hydrogens (tertiary/aromatic N) is 2. The Kier molecular flexibility index (Phi) is 2.00. The molecule has 0 saturated heterocycles. The van der Waals surface area contributed by atoms with E-state index in [9.17, 15) is 0 Å². The fourth-order valence-corrected chi connectivity index (χ4v) is 3.49. The molecule has 4 heteroatoms. The molecule has 0 aliphatic heterocycles. The first-order chi connectivity index (χ1) is 7.22. The number of hydrogen-bond acceptors (Lipinski definition) is 4. The van der Waals surface area contributed by atoms with Gasteiger partial charge in [0, 0.05) is 6.42 Å². The molecule has 0 atom stereocenters. The van der Waals surface area contributed by atoms with Crippen LogP contribution in [-0.2, 0) is 6.42 Å². The van der Waals surface area contributed by atoms with Gasteiger partial charge in [-0.1, -0.05) is 0 Å². The smallest absolute Gasteiger partial charge is 0.0903 e. The second-order valence-corrected chi connectivity index (χ2v) is 6.07. The molecule has 2 aromatic rings. The third-order valence-corrected chi connectivity index (χ3v) is 4.35. The average Bonchev–Trinajstić information content (AvgIpc) is 2.65. The minimum absolute atomic E-state index is 0.881. The van der Waals surface area contributed by atoms with Gasteiger partial charge in [0.15, 0.2) is 0 Å². The average molecular weight is 234 g/mol. The normalized spacial score (nSPS) is 13.5. The lowest BCUT2D eigenvalue weighted by molar-refractivity contribution is 1.02. The van der Waals surface area contributed by atoms with Crippen LogP contribution in [0, 0.1) is 13.8 Å². The van der Waals surface area contributed by atoms with E-state index in [1.165, 1.54) is 21.1 Å². The minimum atomic E-state index is 0.881. The quantitative estimate of drug-likeness (QED) is 0.596. The summed E-state index contributed by atoms with van der Waals surface area (Å²) in [5, 5.41) is 2.28. The van der Waals surface area contributed by atoms with Crippen molar-refractivity contribution in [2.24, 2.45) is 0 Å². The van der Waals surface area contributed by atoms with Gasteiger partial charge in [-0.15, -0.1) is 22.7 Å². The Labute approximate surface area is 96.3 Å². The highest BCUT2D eigenvalue weighted by Crippen LogP contribution is 2.30. The molecule has 0 unspecified atom stereocenters. The van der Waals surface area contributed by atoms with Crippen molar-refractivity contribution in [3.05, 3.63) is 31.2 Å². The van der Waals surface area contributed by atoms with E-state index in [0.717, 1.165) is 16.4 Å². The van der Waals surface area contributed by atoms with Crippen LogP contribution in [0.15, 0.2) is 0 Å². The Morgan fingerprint density at radius 3 is 1.87 bits per heavy atom. The number of thiazole rings is 2. The van der Waals surface area contributed by atoms with Gasteiger partial charge < -0.3 is 0 Å². The Bertz CT molecular complexity index is 501. The van der Waals surface area contributed by atoms with Gasteiger partial charge in [-0.3, -0.25) is 0 Å². The van der Waals surface area contributed by atoms with Gasteiger partial charge in [0.2, 0.25) is 0 Å². The maximum absolute atomic E-state index is 4.55. The summed E-state index contributed by atoms with van der Waals surface area (Å²) in [5.74, 6) is 0. The van der Waals surface area contributed by atoms with Crippen LogP contribution in [0.2, 0.25) is 0 Å². The van der Waals surface area contributed by atoms with Gasteiger partial charge >= 0.3 is 0 Å². The lowest BCUT2D eigenvalue weighted by Crippen LogP contribution is -1.91. The number of aryl methyl sites for hydroxylation is 2. The van der Waals surface area contributed by atoms with Crippen molar-refractivity contribution >= 4 is 34.8 Å². The number of fused-ring (bicyclic) bond motifs is 2. The molecule has 0 fully saturated rings. The van der Waals surface area contributed by atoms with Crippen LogP contribution in [0.25, 0.3) is 12.2 Å². The molecule has 1 aliphatic carbocycles. The molecule has 0 N–H and O–H groups in total. The Hall–Kier alpha value is -1.00. The van der Waals surface area contributed by atoms with Crippen LogP contribution >= 0.6 is 22.7 Å². The van der Waals surface area contributed by atoms with E-state index < -0.39 is 0 Å². The SMILES string of the molecule is Cc1nc2c(s1)C=Cc1sc(C)nc1C2. The van der Waals surface area contributed by atoms with Gasteiger partial charge in [0.1, 0.15) is 0 Å². The van der Waals surface area contributed by atoms with Crippen molar-refractivity contribution in [1.82, 2.24) is 9.97 Å². The molecule has 2 nitrogen and oxygen atoms in total. The second-order valence-electron chi connectivity index (χ2n) is 3.60. The van der Waals surface area contributed by atoms with E-state index in [4.69, 9.17) is 0 Å². The van der Waals surface area contributed by atoms with Crippen molar-refractivity contribution in [1.29, 1.82) is 0 Å². The third kappa shape index (κ3) is 1.54. The van der Waals surface area contributed by atoms with Crippen LogP contribution in [0.3, 0.4) is 0 Å². The van der Waals surface area contributed by atoms with Crippen molar-refractivity contribution in [3.8, 4) is 0 Å². The summed E-state index contributed by atoms with van der Waals surface area (Å²) in [5.41, 5.74) is 2.36. The maximum atomic E-state index is 4.55. The molecular formula is C11H10N2S2. The largest absolute Gasteiger partial charge is 0.246 e. The molecule has 0 saturated carbocycles. The van der Waals surface area contributed by atoms with Gasteiger partial charge in [0.05, 0.1) is 31.2 Å². The summed E-state index contributed by atoms with van der Waals surface area (Å²) in [6, 6.07) is 0. The Balaban J connectivity index is 2.15. The number of aromatic nitrogens is 2. The fraction of sp³-hybridized carbons (Fsp3) is 0.273. The van der Waals surface area contributed by atoms with Crippen LogP contribution in [0.1, 0.15) is 31.2 Å². The summed E-state index contributed by atoms with van der Waals surface area (Å²) in [6.45, 7) is 4.11. The van der Waals surface area contributed by atoms with Crippen LogP contribution < -0.4 is 0 Å². The maximum Gasteiger partial charge on any atom is 0.0903 e. The molecular weight excluding hydrogens is 224 g/mol. The van der Waals surface area contributed by atoms with Crippen molar-refractivity contribution in [3.63, 3.8) is 0 Å². The Morgan fingerprint density at radius 2 is 1.40 bits per heavy atom. The molecule has 1 aliphatic rings. The predicted octanol–water partition coefficient (Wildman–Crippen LogP) is 3.29. The zero-order chi connectivity index (χ0) is 10.4. The van der Waals surface area contributed by atoms with Crippen LogP contribution in [0.4, 0.5) is 0 Å². The molecule has 0 bridgehead atoms. The van der Waals surface area contributed by atoms with Gasteiger partial charge in [-0.05, 0) is 26.0 Å². The van der Waals surface area contributed by atoms with E-state index in [2.05, 4.69) is 36.0 Å². The first-order valence-corrected chi connectivity index (χ1v) is 6.46. The zero-order valence-electron chi connectivity index (χ0n) is 8.57. The van der Waals surface area contributed by atoms with E-state index in [1.54, 1.807) is 22.7 Å². The molecule has 15 heavy (non-hydrogen) atoms. The van der Waals surface area contributed by atoms with E-state index in [0.29, 0.717) is 0 Å². The molecule has 0 aromatic carbocycles. The summed E-state index contributed by atoms with van der Waals surface area (Å²) in [6.07, 6.45) is 5.22. The van der Waals surface area contributed by atoms with E-state index >= 15 is 0 Å². The van der Waals surface area contributed by atoms with Gasteiger partial charge in [0.25, 0.3) is 0 Å². The number of rotatable bonds is 0. The Morgan fingerprint density at radius 1 is 0.933 bits per heavy atom. The summed E-state index contributed by atoms with van der Waals surface area (Å²) in [7, 11) is 0. The molecule has 3 rings (SSSR count). The lowest BCUT2D eigenvalue weighted by Gasteiger charge is -1.93. The first kappa shape index (κ1) is 9.24. The highest BCUT2D eigenvalue weighted by Gasteiger charge is 2.15. The van der Waals surface area contributed by atoms with Crippen molar-refractivity contribution in [2.75, 3.05) is 0 Å². The second kappa shape index (κ2) is 3.25. The molecule has 2 aromatic heterocycles. The number of hydrogen-bond donors (Lipinski definition) is 0. The fourth-order valence-electron chi connectivity index (χ4n) is 1.80. The predicted molar refractivity (Wildman–Crippen MR) is 65.4 cm³/mol. The highest BCUT2D eigenvalue weighted by atomic mass is 32.1. The first-order valence-electron chi connectivity index (χ1n) is 4.83. The topological polar surface area (TPSA) is 25.8 Å². The monoisotopic (exact) mass is 234 g/mol. The third-order valence-electron chi connectivity index (χ3n) is 2.39. The molecule has 0 amide bonds. The highest BCUT2D eigenvalue weighted by molar-refractivity contribution is 7.13. The standard InChI is InChI=1S/C11H10N2S2/c1-6-12-8-5-9-11(15-7(2)13-9)4-3-10(8)14-6/h3-4H,5H2,1-2H3. The van der Waals surface area contributed by atoms with Crippen LogP contribution in [-0.4, -0.2) is 9.97 Å². The summed E-state index contributed by atoms with van der Waals surface area (Å²) >= 11 is 3.52. The van der Waals surface area contributed by atoms with Gasteiger partial charge in [-0.2, -0.15) is 0 Å². The summed E-state index contributed by atoms with van der Waals surface area (Å²) < 4.78 is 0. The molecule has 0 spiro atoms. The zero-order valence-corrected chi connectivity index (χ0v) is 10.2. The van der Waals surface area contributed by atoms with Crippen molar-refractivity contribution < 1.29 is 0 Å². The van der Waals surface area contributed by atoms with E-state index in [-0.39, 0.29) is 0 Å². The summed E-state index contributed by atoms with van der Waals surface area (Å²) in [4.78, 5) is 11.7. The van der Waals surface area contributed by atoms with Crippen molar-refractivity contribution in [2.45, 2.75) is 20.3 Å². The van der Waals surface area contributed by atoms with Crippen LogP contribution in [0.5, 0.6) is 0 Å². The molecule has 2 heterocycles. The minimum Gasteiger partial charge on any atom is -0.246 e. The lowest BCUT2D eigenvalue weighted by atomic mass is 10.2. The molecule has 76 valence electrons. The molecule has 0 radical (unpaired) electrons.